The second-order valence-electron chi connectivity index (χ2n) is 4.54. The summed E-state index contributed by atoms with van der Waals surface area (Å²) in [7, 11) is -3.35. The monoisotopic (exact) mass is 245 g/mol. The minimum atomic E-state index is -3.35. The molecule has 1 fully saturated rings. The van der Waals surface area contributed by atoms with Gasteiger partial charge in [0.25, 0.3) is 0 Å². The summed E-state index contributed by atoms with van der Waals surface area (Å²) in [5.41, 5.74) is 0.779. The predicted octanol–water partition coefficient (Wildman–Crippen LogP) is 2.75. The lowest BCUT2D eigenvalue weighted by Crippen LogP contribution is -2.19. The Morgan fingerprint density at radius 2 is 1.88 bits per heavy atom. The van der Waals surface area contributed by atoms with E-state index in [2.05, 4.69) is 12.7 Å². The third-order valence-electron chi connectivity index (χ3n) is 3.53. The van der Waals surface area contributed by atoms with Gasteiger partial charge in [0.2, 0.25) is 0 Å². The number of hydrogen-bond donors (Lipinski definition) is 0. The Bertz CT molecular complexity index is 584. The number of benzene rings is 1. The van der Waals surface area contributed by atoms with Crippen molar-refractivity contribution in [3.05, 3.63) is 59.9 Å². The molecule has 0 saturated heterocycles. The molecule has 0 unspecified atom stereocenters. The fraction of sp³-hybridized carbons (Fsp3) is 0.214. The summed E-state index contributed by atoms with van der Waals surface area (Å²) in [6, 6.07) is 8.61. The summed E-state index contributed by atoms with van der Waals surface area (Å²) in [6.07, 6.45) is 4.94. The highest BCUT2D eigenvalue weighted by Gasteiger charge is 2.38. The molecule has 1 aromatic carbocycles. The van der Waals surface area contributed by atoms with Gasteiger partial charge in [-0.05, 0) is 18.1 Å². The van der Waals surface area contributed by atoms with Crippen LogP contribution in [0.4, 0.5) is 0 Å². The first-order valence-electron chi connectivity index (χ1n) is 5.65. The standard InChI is InChI=1S/C14H13O2S/c1-10-11-7-8-12(9-11)14(10)17(15,16)13-5-3-2-4-6-13/h2-8,11-12H,1,9H2/q-1/t11-,12+/m0/s1. The number of allylic oxidation sites excluding steroid dienone is 2. The van der Waals surface area contributed by atoms with E-state index in [9.17, 15) is 8.42 Å². The fourth-order valence-electron chi connectivity index (χ4n) is 2.67. The van der Waals surface area contributed by atoms with Crippen molar-refractivity contribution in [2.24, 2.45) is 11.8 Å². The molecule has 0 amide bonds. The smallest absolute Gasteiger partial charge is 0.136 e. The quantitative estimate of drug-likeness (QED) is 0.593. The lowest BCUT2D eigenvalue weighted by Gasteiger charge is -2.29. The zero-order valence-electron chi connectivity index (χ0n) is 9.34. The topological polar surface area (TPSA) is 34.1 Å². The number of rotatable bonds is 2. The van der Waals surface area contributed by atoms with Crippen LogP contribution >= 0.6 is 0 Å². The summed E-state index contributed by atoms with van der Waals surface area (Å²) in [5.74, 6) is 0.270. The zero-order chi connectivity index (χ0) is 12.0. The van der Waals surface area contributed by atoms with Gasteiger partial charge in [0.15, 0.2) is 0 Å². The van der Waals surface area contributed by atoms with E-state index < -0.39 is 9.84 Å². The Morgan fingerprint density at radius 1 is 1.18 bits per heavy atom. The van der Waals surface area contributed by atoms with E-state index in [1.807, 2.05) is 12.1 Å². The van der Waals surface area contributed by atoms with E-state index in [4.69, 9.17) is 0 Å². The van der Waals surface area contributed by atoms with Crippen LogP contribution in [0.15, 0.2) is 59.5 Å². The third-order valence-corrected chi connectivity index (χ3v) is 5.56. The lowest BCUT2D eigenvalue weighted by atomic mass is 10.0. The molecule has 0 aliphatic heterocycles. The number of sulfone groups is 1. The van der Waals surface area contributed by atoms with Gasteiger partial charge < -0.3 is 0 Å². The molecule has 0 aromatic heterocycles. The molecule has 3 heteroatoms. The van der Waals surface area contributed by atoms with Gasteiger partial charge in [-0.1, -0.05) is 47.9 Å². The van der Waals surface area contributed by atoms with Crippen LogP contribution < -0.4 is 0 Å². The van der Waals surface area contributed by atoms with Crippen molar-refractivity contribution in [1.82, 2.24) is 0 Å². The Morgan fingerprint density at radius 3 is 2.47 bits per heavy atom. The maximum Gasteiger partial charge on any atom is 0.136 e. The molecule has 3 rings (SSSR count). The average molecular weight is 245 g/mol. The van der Waals surface area contributed by atoms with Gasteiger partial charge >= 0.3 is 0 Å². The van der Waals surface area contributed by atoms with Gasteiger partial charge in [-0.25, -0.2) is 15.0 Å². The van der Waals surface area contributed by atoms with E-state index in [-0.39, 0.29) is 11.8 Å². The molecule has 2 nitrogen and oxygen atoms in total. The molecule has 2 bridgehead atoms. The van der Waals surface area contributed by atoms with Crippen LogP contribution in [-0.2, 0) is 9.84 Å². The SMILES string of the molecule is C=C1[C-](S(=O)(=O)c2ccccc2)[C@@H]2C=C[C@H]1C2. The summed E-state index contributed by atoms with van der Waals surface area (Å²) < 4.78 is 25.0. The molecular formula is C14H13O2S-. The summed E-state index contributed by atoms with van der Waals surface area (Å²) in [5, 5.41) is 0.524. The fourth-order valence-corrected chi connectivity index (χ4v) is 4.51. The molecule has 1 saturated carbocycles. The van der Waals surface area contributed by atoms with Crippen molar-refractivity contribution in [2.45, 2.75) is 11.3 Å². The molecule has 2 atom stereocenters. The van der Waals surface area contributed by atoms with E-state index in [0.29, 0.717) is 10.1 Å². The van der Waals surface area contributed by atoms with Gasteiger partial charge in [0.1, 0.15) is 9.84 Å². The molecule has 17 heavy (non-hydrogen) atoms. The Hall–Kier alpha value is -1.48. The van der Waals surface area contributed by atoms with Crippen LogP contribution in [-0.4, -0.2) is 8.42 Å². The Kier molecular flexibility index (Phi) is 2.20. The molecule has 2 aliphatic rings. The number of hydrogen-bond acceptors (Lipinski definition) is 2. The second kappa shape index (κ2) is 3.50. The van der Waals surface area contributed by atoms with Crippen molar-refractivity contribution >= 4 is 9.84 Å². The van der Waals surface area contributed by atoms with Crippen LogP contribution in [0.2, 0.25) is 0 Å². The maximum atomic E-state index is 12.5. The Labute approximate surface area is 102 Å². The minimum Gasteiger partial charge on any atom is -0.240 e. The zero-order valence-corrected chi connectivity index (χ0v) is 10.2. The lowest BCUT2D eigenvalue weighted by molar-refractivity contribution is 0.591. The molecule has 0 heterocycles. The third kappa shape index (κ3) is 1.46. The van der Waals surface area contributed by atoms with Gasteiger partial charge in [-0.2, -0.15) is 5.57 Å². The van der Waals surface area contributed by atoms with Crippen LogP contribution in [0, 0.1) is 17.1 Å². The first-order valence-corrected chi connectivity index (χ1v) is 7.13. The summed E-state index contributed by atoms with van der Waals surface area (Å²) in [4.78, 5) is 0.372. The van der Waals surface area contributed by atoms with E-state index in [1.165, 1.54) is 0 Å². The molecule has 0 radical (unpaired) electrons. The van der Waals surface area contributed by atoms with Crippen molar-refractivity contribution in [1.29, 1.82) is 0 Å². The van der Waals surface area contributed by atoms with Crippen molar-refractivity contribution < 1.29 is 8.42 Å². The van der Waals surface area contributed by atoms with Crippen LogP contribution in [0.5, 0.6) is 0 Å². The highest BCUT2D eigenvalue weighted by Crippen LogP contribution is 2.52. The van der Waals surface area contributed by atoms with Gasteiger partial charge in [0, 0.05) is 0 Å². The van der Waals surface area contributed by atoms with Crippen LogP contribution in [0.25, 0.3) is 0 Å². The highest BCUT2D eigenvalue weighted by molar-refractivity contribution is 7.94. The van der Waals surface area contributed by atoms with E-state index in [0.717, 1.165) is 12.0 Å². The molecule has 0 N–H and O–H groups in total. The summed E-state index contributed by atoms with van der Waals surface area (Å²) >= 11 is 0. The highest BCUT2D eigenvalue weighted by atomic mass is 32.2. The Balaban J connectivity index is 2.06. The minimum absolute atomic E-state index is 0.0395. The first-order chi connectivity index (χ1) is 8.10. The van der Waals surface area contributed by atoms with Crippen molar-refractivity contribution in [3.8, 4) is 0 Å². The van der Waals surface area contributed by atoms with Gasteiger partial charge in [-0.15, -0.1) is 0 Å². The molecule has 2 aliphatic carbocycles. The van der Waals surface area contributed by atoms with Crippen LogP contribution in [0.3, 0.4) is 0 Å². The molecular weight excluding hydrogens is 232 g/mol. The van der Waals surface area contributed by atoms with Gasteiger partial charge in [-0.3, -0.25) is 0 Å². The second-order valence-corrected chi connectivity index (χ2v) is 6.46. The maximum absolute atomic E-state index is 12.5. The van der Waals surface area contributed by atoms with Crippen molar-refractivity contribution in [2.75, 3.05) is 0 Å². The van der Waals surface area contributed by atoms with E-state index in [1.54, 1.807) is 24.3 Å². The summed E-state index contributed by atoms with van der Waals surface area (Å²) in [6.45, 7) is 3.94. The normalized spacial score (nSPS) is 26.8. The molecule has 88 valence electrons. The predicted molar refractivity (Wildman–Crippen MR) is 66.7 cm³/mol. The van der Waals surface area contributed by atoms with Gasteiger partial charge in [0.05, 0.1) is 4.90 Å². The largest absolute Gasteiger partial charge is 0.240 e. The first kappa shape index (κ1) is 10.7. The van der Waals surface area contributed by atoms with Crippen LogP contribution in [0.1, 0.15) is 6.42 Å². The van der Waals surface area contributed by atoms with E-state index >= 15 is 0 Å². The number of fused-ring (bicyclic) bond motifs is 2. The van der Waals surface area contributed by atoms with Crippen molar-refractivity contribution in [3.63, 3.8) is 0 Å². The average Bonchev–Trinajstić information content (AvgIpc) is 2.90. The molecule has 1 aromatic rings. The molecule has 0 spiro atoms.